The van der Waals surface area contributed by atoms with Gasteiger partial charge in [-0.3, -0.25) is 9.59 Å². The van der Waals surface area contributed by atoms with Crippen molar-refractivity contribution in [2.75, 3.05) is 5.32 Å². The third-order valence-electron chi connectivity index (χ3n) is 3.79. The number of nitrogens with one attached hydrogen (secondary N) is 1. The molecule has 25 heavy (non-hydrogen) atoms. The molecule has 5 nitrogen and oxygen atoms in total. The van der Waals surface area contributed by atoms with Gasteiger partial charge in [0.05, 0.1) is 11.3 Å². The van der Waals surface area contributed by atoms with Gasteiger partial charge in [-0.25, -0.2) is 0 Å². The number of benzene rings is 2. The molecule has 5 heteroatoms. The van der Waals surface area contributed by atoms with Crippen molar-refractivity contribution in [1.82, 2.24) is 0 Å². The van der Waals surface area contributed by atoms with Gasteiger partial charge in [-0.15, -0.1) is 0 Å². The number of hydrogen-bond donors (Lipinski definition) is 2. The lowest BCUT2D eigenvalue weighted by Gasteiger charge is -2.08. The van der Waals surface area contributed by atoms with E-state index >= 15 is 0 Å². The van der Waals surface area contributed by atoms with E-state index in [1.54, 1.807) is 24.3 Å². The van der Waals surface area contributed by atoms with E-state index in [1.165, 1.54) is 0 Å². The maximum atomic E-state index is 12.1. The Bertz CT molecular complexity index is 885. The summed E-state index contributed by atoms with van der Waals surface area (Å²) in [5.41, 5.74) is 7.01. The van der Waals surface area contributed by atoms with Crippen LogP contribution in [0.2, 0.25) is 0 Å². The fourth-order valence-corrected chi connectivity index (χ4v) is 2.53. The van der Waals surface area contributed by atoms with E-state index in [0.29, 0.717) is 17.7 Å². The van der Waals surface area contributed by atoms with Crippen molar-refractivity contribution >= 4 is 17.5 Å². The molecular weight excluding hydrogens is 316 g/mol. The number of carbonyl (C=O) groups excluding carboxylic acids is 2. The minimum absolute atomic E-state index is 0.202. The van der Waals surface area contributed by atoms with Gasteiger partial charge >= 0.3 is 0 Å². The average Bonchev–Trinajstić information content (AvgIpc) is 3.10. The summed E-state index contributed by atoms with van der Waals surface area (Å²) in [6.45, 7) is 0. The molecule has 0 saturated carbocycles. The number of primary amides is 1. The van der Waals surface area contributed by atoms with Crippen LogP contribution in [0.15, 0.2) is 71.1 Å². The van der Waals surface area contributed by atoms with Gasteiger partial charge in [0.1, 0.15) is 11.5 Å². The molecule has 0 aliphatic rings. The number of aryl methyl sites for hydroxylation is 1. The van der Waals surface area contributed by atoms with Crippen LogP contribution in [-0.2, 0) is 11.2 Å². The molecule has 0 aliphatic carbocycles. The molecule has 0 unspecified atom stereocenters. The maximum absolute atomic E-state index is 12.1. The lowest BCUT2D eigenvalue weighted by molar-refractivity contribution is -0.116. The molecule has 1 heterocycles. The van der Waals surface area contributed by atoms with Gasteiger partial charge in [0.15, 0.2) is 0 Å². The Balaban J connectivity index is 1.60. The number of para-hydroxylation sites is 1. The Morgan fingerprint density at radius 3 is 2.40 bits per heavy atom. The van der Waals surface area contributed by atoms with Crippen LogP contribution in [0.3, 0.4) is 0 Å². The molecule has 1 aromatic heterocycles. The number of carbonyl (C=O) groups is 2. The molecule has 2 aromatic carbocycles. The molecule has 0 fully saturated rings. The molecule has 0 saturated heterocycles. The summed E-state index contributed by atoms with van der Waals surface area (Å²) in [5, 5.41) is 2.72. The van der Waals surface area contributed by atoms with Crippen LogP contribution in [0.1, 0.15) is 22.5 Å². The molecule has 0 bridgehead atoms. The van der Waals surface area contributed by atoms with Crippen molar-refractivity contribution in [2.24, 2.45) is 5.73 Å². The van der Waals surface area contributed by atoms with Gasteiger partial charge in [0.25, 0.3) is 5.91 Å². The van der Waals surface area contributed by atoms with Crippen molar-refractivity contribution in [2.45, 2.75) is 12.8 Å². The summed E-state index contributed by atoms with van der Waals surface area (Å²) < 4.78 is 5.78. The molecule has 0 spiro atoms. The third-order valence-corrected chi connectivity index (χ3v) is 3.79. The first-order chi connectivity index (χ1) is 12.1. The molecule has 3 aromatic rings. The number of rotatable bonds is 6. The van der Waals surface area contributed by atoms with Crippen LogP contribution in [0.25, 0.3) is 11.3 Å². The second-order valence-corrected chi connectivity index (χ2v) is 5.59. The predicted molar refractivity (Wildman–Crippen MR) is 96.1 cm³/mol. The Morgan fingerprint density at radius 2 is 1.64 bits per heavy atom. The van der Waals surface area contributed by atoms with Crippen molar-refractivity contribution in [1.29, 1.82) is 0 Å². The Kier molecular flexibility index (Phi) is 4.95. The summed E-state index contributed by atoms with van der Waals surface area (Å²) in [6.07, 6.45) is 0.715. The van der Waals surface area contributed by atoms with E-state index in [0.717, 1.165) is 17.1 Å². The minimum Gasteiger partial charge on any atom is -0.461 e. The van der Waals surface area contributed by atoms with Gasteiger partial charge in [-0.1, -0.05) is 42.5 Å². The smallest absolute Gasteiger partial charge is 0.250 e. The molecule has 2 amide bonds. The minimum atomic E-state index is -0.575. The Morgan fingerprint density at radius 1 is 0.920 bits per heavy atom. The second-order valence-electron chi connectivity index (χ2n) is 5.59. The quantitative estimate of drug-likeness (QED) is 0.722. The van der Waals surface area contributed by atoms with Crippen molar-refractivity contribution in [3.63, 3.8) is 0 Å². The fraction of sp³-hybridized carbons (Fsp3) is 0.100. The van der Waals surface area contributed by atoms with E-state index in [9.17, 15) is 9.59 Å². The molecule has 3 N–H and O–H groups in total. The first kappa shape index (κ1) is 16.5. The van der Waals surface area contributed by atoms with Crippen LogP contribution in [0.5, 0.6) is 0 Å². The largest absolute Gasteiger partial charge is 0.461 e. The van der Waals surface area contributed by atoms with Crippen LogP contribution in [-0.4, -0.2) is 11.8 Å². The first-order valence-electron chi connectivity index (χ1n) is 7.96. The number of hydrogen-bond acceptors (Lipinski definition) is 3. The highest BCUT2D eigenvalue weighted by Gasteiger charge is 2.11. The molecule has 0 atom stereocenters. The molecular formula is C20H18N2O3. The lowest BCUT2D eigenvalue weighted by Crippen LogP contribution is -2.18. The zero-order valence-electron chi connectivity index (χ0n) is 13.6. The Hall–Kier alpha value is -3.34. The summed E-state index contributed by atoms with van der Waals surface area (Å²) in [4.78, 5) is 23.5. The van der Waals surface area contributed by atoms with E-state index < -0.39 is 5.91 Å². The highest BCUT2D eigenvalue weighted by molar-refractivity contribution is 6.02. The highest BCUT2D eigenvalue weighted by Crippen LogP contribution is 2.22. The van der Waals surface area contributed by atoms with Crippen LogP contribution >= 0.6 is 0 Å². The Labute approximate surface area is 145 Å². The number of anilines is 1. The van der Waals surface area contributed by atoms with Crippen LogP contribution < -0.4 is 11.1 Å². The fourth-order valence-electron chi connectivity index (χ4n) is 2.53. The monoisotopic (exact) mass is 334 g/mol. The zero-order valence-corrected chi connectivity index (χ0v) is 13.6. The van der Waals surface area contributed by atoms with E-state index in [4.69, 9.17) is 10.2 Å². The molecule has 0 radical (unpaired) electrons. The van der Waals surface area contributed by atoms with Gasteiger partial charge in [0, 0.05) is 18.4 Å². The summed E-state index contributed by atoms with van der Waals surface area (Å²) >= 11 is 0. The van der Waals surface area contributed by atoms with E-state index in [1.807, 2.05) is 42.5 Å². The lowest BCUT2D eigenvalue weighted by atomic mass is 10.1. The second kappa shape index (κ2) is 7.49. The van der Waals surface area contributed by atoms with Crippen LogP contribution in [0.4, 0.5) is 5.69 Å². The van der Waals surface area contributed by atoms with Gasteiger partial charge < -0.3 is 15.5 Å². The normalized spacial score (nSPS) is 10.4. The van der Waals surface area contributed by atoms with Crippen LogP contribution in [0, 0.1) is 0 Å². The average molecular weight is 334 g/mol. The van der Waals surface area contributed by atoms with E-state index in [-0.39, 0.29) is 12.3 Å². The van der Waals surface area contributed by atoms with Crippen molar-refractivity contribution < 1.29 is 14.0 Å². The third kappa shape index (κ3) is 4.14. The van der Waals surface area contributed by atoms with Gasteiger partial charge in [-0.2, -0.15) is 0 Å². The topological polar surface area (TPSA) is 85.3 Å². The van der Waals surface area contributed by atoms with E-state index in [2.05, 4.69) is 5.32 Å². The number of nitrogens with two attached hydrogens (primary N) is 1. The SMILES string of the molecule is NC(=O)c1ccccc1NC(=O)CCc1ccc(-c2ccccc2)o1. The standard InChI is InChI=1S/C20H18N2O3/c21-20(24)16-8-4-5-9-17(16)22-19(23)13-11-15-10-12-18(25-15)14-6-2-1-3-7-14/h1-10,12H,11,13H2,(H2,21,24)(H,22,23). The first-order valence-corrected chi connectivity index (χ1v) is 7.96. The number of furan rings is 1. The number of amides is 2. The highest BCUT2D eigenvalue weighted by atomic mass is 16.3. The van der Waals surface area contributed by atoms with Crippen molar-refractivity contribution in [3.05, 3.63) is 78.1 Å². The predicted octanol–water partition coefficient (Wildman–Crippen LogP) is 3.62. The van der Waals surface area contributed by atoms with Gasteiger partial charge in [-0.05, 0) is 24.3 Å². The summed E-state index contributed by atoms with van der Waals surface area (Å²) in [7, 11) is 0. The summed E-state index contributed by atoms with van der Waals surface area (Å²) in [5.74, 6) is 0.730. The molecule has 126 valence electrons. The molecule has 3 rings (SSSR count). The summed E-state index contributed by atoms with van der Waals surface area (Å²) in [6, 6.07) is 20.2. The zero-order chi connectivity index (χ0) is 17.6. The maximum Gasteiger partial charge on any atom is 0.250 e. The van der Waals surface area contributed by atoms with Gasteiger partial charge in [0.2, 0.25) is 5.91 Å². The van der Waals surface area contributed by atoms with Crippen molar-refractivity contribution in [3.8, 4) is 11.3 Å². The molecule has 0 aliphatic heterocycles.